The normalized spacial score (nSPS) is 10.9. The van der Waals surface area contributed by atoms with Crippen LogP contribution >= 0.6 is 0 Å². The maximum absolute atomic E-state index is 11.6. The second kappa shape index (κ2) is 30.3. The Morgan fingerprint density at radius 3 is 1.29 bits per heavy atom. The molecule has 0 heterocycles. The summed E-state index contributed by atoms with van der Waals surface area (Å²) >= 11 is 0. The molecule has 3 aromatic rings. The summed E-state index contributed by atoms with van der Waals surface area (Å²) in [7, 11) is 0. The van der Waals surface area contributed by atoms with Gasteiger partial charge < -0.3 is 25.4 Å². The summed E-state index contributed by atoms with van der Waals surface area (Å²) in [6, 6.07) is 3.29. The first-order valence-electron chi connectivity index (χ1n) is 19.6. The standard InChI is InChI=1S/C29H32O3.C12H13.C11H17O3.4CH4.W/c1-12-25-17(4)19(6)26(20(7)18(25)5)13-14-27-21(8)23(10)28(24(11)22(27)9)31-15-32-29(30)16(2)3;1-6-12-10(4)8(2)7-9(3)11(12)5;1-9(2)11(12)14-8-13-10-6-4-3-5-7-10;;;;;/h1H,2,15H2,3-11H3;1H,2-5H3;3,10H,1,4-8H2,2H3;4*1H4;/q;2*-1;;;;;+2. The molecule has 0 saturated heterocycles. The van der Waals surface area contributed by atoms with Crippen LogP contribution in [0.4, 0.5) is 0 Å². The summed E-state index contributed by atoms with van der Waals surface area (Å²) in [5.74, 6) is 12.2. The zero-order valence-electron chi connectivity index (χ0n) is 37.8. The first-order chi connectivity index (χ1) is 27.2. The van der Waals surface area contributed by atoms with Crippen LogP contribution in [0.3, 0.4) is 0 Å². The molecule has 0 unspecified atom stereocenters. The average molecular weight is 1030 g/mol. The first kappa shape index (κ1) is 64.8. The van der Waals surface area contributed by atoms with Gasteiger partial charge in [-0.25, -0.2) is 9.59 Å². The number of aryl methyl sites for hydroxylation is 2. The second-order valence-electron chi connectivity index (χ2n) is 15.0. The predicted octanol–water partition coefficient (Wildman–Crippen LogP) is 13.5. The molecule has 0 aliphatic heterocycles. The fourth-order valence-corrected chi connectivity index (χ4v) is 6.50. The maximum Gasteiger partial charge on any atom is 2.00 e. The SMILES string of the molecule is C.C.C.C.C#Cc1c(C)c(C)[c-]c(C)c1C.C#Cc1c(C)c(C)c(C#Cc2c(C)c(C)c(OCOC(=O)C(=C)C)c(C)c2C)c(C)c1C.C=C(C)C(=O)OCOC1CC[CH-]CC1.[W+2]. The van der Waals surface area contributed by atoms with Crippen LogP contribution in [0.25, 0.3) is 0 Å². The van der Waals surface area contributed by atoms with Crippen molar-refractivity contribution in [2.75, 3.05) is 13.6 Å². The van der Waals surface area contributed by atoms with E-state index in [-0.39, 0.29) is 76.4 Å². The van der Waals surface area contributed by atoms with Crippen molar-refractivity contribution >= 4 is 11.9 Å². The number of benzene rings is 3. The minimum absolute atomic E-state index is 0. The molecule has 0 aromatic heterocycles. The van der Waals surface area contributed by atoms with Gasteiger partial charge in [-0.05, 0) is 114 Å². The van der Waals surface area contributed by atoms with Gasteiger partial charge in [-0.15, -0.1) is 24.0 Å². The van der Waals surface area contributed by atoms with Crippen molar-refractivity contribution in [1.29, 1.82) is 0 Å². The molecule has 344 valence electrons. The molecule has 0 atom stereocenters. The molecule has 0 radical (unpaired) electrons. The number of esters is 2. The van der Waals surface area contributed by atoms with E-state index in [0.717, 1.165) is 109 Å². The number of carbonyl (C=O) groups excluding carboxylic acids is 2. The van der Waals surface area contributed by atoms with Gasteiger partial charge in [-0.3, -0.25) is 0 Å². The van der Waals surface area contributed by atoms with E-state index in [0.29, 0.717) is 11.1 Å². The van der Waals surface area contributed by atoms with Crippen molar-refractivity contribution in [1.82, 2.24) is 0 Å². The number of hydrogen-bond acceptors (Lipinski definition) is 6. The number of terminal acetylenes is 2. The van der Waals surface area contributed by atoms with Crippen LogP contribution in [0.1, 0.15) is 158 Å². The van der Waals surface area contributed by atoms with E-state index in [2.05, 4.69) is 77.0 Å². The van der Waals surface area contributed by atoms with Crippen molar-refractivity contribution in [2.45, 2.75) is 158 Å². The van der Waals surface area contributed by atoms with Gasteiger partial charge in [-0.1, -0.05) is 113 Å². The van der Waals surface area contributed by atoms with E-state index in [4.69, 9.17) is 31.8 Å². The molecule has 0 amide bonds. The molecule has 1 aliphatic carbocycles. The van der Waals surface area contributed by atoms with Gasteiger partial charge in [0, 0.05) is 27.8 Å². The Bertz CT molecular complexity index is 2120. The van der Waals surface area contributed by atoms with Gasteiger partial charge >= 0.3 is 33.0 Å². The van der Waals surface area contributed by atoms with E-state index in [1.165, 1.54) is 11.1 Å². The molecule has 1 saturated carbocycles. The topological polar surface area (TPSA) is 71.1 Å². The quantitative estimate of drug-likeness (QED) is 0.0736. The molecule has 7 heteroatoms. The summed E-state index contributed by atoms with van der Waals surface area (Å²) in [6.07, 6.45) is 17.9. The molecule has 0 N–H and O–H groups in total. The zero-order chi connectivity index (χ0) is 44.0. The van der Waals surface area contributed by atoms with Crippen LogP contribution in [-0.4, -0.2) is 31.6 Å². The number of carbonyl (C=O) groups is 2. The summed E-state index contributed by atoms with van der Waals surface area (Å²) in [5.41, 5.74) is 17.9. The van der Waals surface area contributed by atoms with Crippen LogP contribution in [0.5, 0.6) is 5.75 Å². The summed E-state index contributed by atoms with van der Waals surface area (Å²) in [5, 5.41) is 0. The zero-order valence-corrected chi connectivity index (χ0v) is 40.8. The molecule has 6 nitrogen and oxygen atoms in total. The van der Waals surface area contributed by atoms with E-state index < -0.39 is 5.97 Å². The van der Waals surface area contributed by atoms with Gasteiger partial charge in [-0.2, -0.15) is 30.0 Å². The van der Waals surface area contributed by atoms with Crippen LogP contribution in [0.15, 0.2) is 24.3 Å². The van der Waals surface area contributed by atoms with Gasteiger partial charge in [0.2, 0.25) is 6.79 Å². The van der Waals surface area contributed by atoms with Crippen molar-refractivity contribution < 1.29 is 49.6 Å². The molecule has 4 rings (SSSR count). The molecule has 63 heavy (non-hydrogen) atoms. The summed E-state index contributed by atoms with van der Waals surface area (Å²) < 4.78 is 21.1. The Morgan fingerprint density at radius 1 is 0.587 bits per heavy atom. The number of ether oxygens (including phenoxy) is 4. The smallest absolute Gasteiger partial charge is 0.457 e. The van der Waals surface area contributed by atoms with Gasteiger partial charge in [0.1, 0.15) is 5.75 Å². The minimum atomic E-state index is -0.469. The monoisotopic (exact) mass is 1030 g/mol. The summed E-state index contributed by atoms with van der Waals surface area (Å²) in [4.78, 5) is 22.6. The third kappa shape index (κ3) is 17.4. The number of hydrogen-bond donors (Lipinski definition) is 0. The van der Waals surface area contributed by atoms with Crippen molar-refractivity contribution in [3.8, 4) is 42.3 Å². The first-order valence-corrected chi connectivity index (χ1v) is 19.6. The molecular formula is C56H78O6W. The van der Waals surface area contributed by atoms with Gasteiger partial charge in [0.15, 0.2) is 6.79 Å². The van der Waals surface area contributed by atoms with E-state index in [1.807, 2.05) is 55.4 Å². The molecule has 0 bridgehead atoms. The minimum Gasteiger partial charge on any atom is -0.457 e. The molecular weight excluding hydrogens is 952 g/mol. The van der Waals surface area contributed by atoms with Crippen LogP contribution in [-0.2, 0) is 44.9 Å². The van der Waals surface area contributed by atoms with E-state index in [1.54, 1.807) is 13.8 Å². The largest absolute Gasteiger partial charge is 2.00 e. The molecule has 1 fully saturated rings. The van der Waals surface area contributed by atoms with Gasteiger partial charge in [0.25, 0.3) is 0 Å². The van der Waals surface area contributed by atoms with E-state index >= 15 is 0 Å². The predicted molar refractivity (Wildman–Crippen MR) is 264 cm³/mol. The van der Waals surface area contributed by atoms with Crippen LogP contribution in [0.2, 0.25) is 0 Å². The second-order valence-corrected chi connectivity index (χ2v) is 15.0. The Morgan fingerprint density at radius 2 is 0.921 bits per heavy atom. The third-order valence-corrected chi connectivity index (χ3v) is 11.0. The Kier molecular flexibility index (Phi) is 31.2. The average Bonchev–Trinajstić information content (AvgIpc) is 3.19. The van der Waals surface area contributed by atoms with Crippen molar-refractivity contribution in [3.05, 3.63) is 126 Å². The Balaban J connectivity index is -0.000000468. The third-order valence-electron chi connectivity index (χ3n) is 11.0. The van der Waals surface area contributed by atoms with Crippen molar-refractivity contribution in [2.24, 2.45) is 0 Å². The Labute approximate surface area is 399 Å². The van der Waals surface area contributed by atoms with Gasteiger partial charge in [0.05, 0.1) is 6.10 Å². The fraction of sp³-hybridized carbons (Fsp3) is 0.446. The number of rotatable bonds is 8. The molecule has 0 spiro atoms. The molecule has 3 aromatic carbocycles. The fourth-order valence-electron chi connectivity index (χ4n) is 6.50. The maximum atomic E-state index is 11.6. The van der Waals surface area contributed by atoms with E-state index in [9.17, 15) is 9.59 Å². The van der Waals surface area contributed by atoms with Crippen LogP contribution < -0.4 is 4.74 Å². The van der Waals surface area contributed by atoms with Crippen LogP contribution in [0, 0.1) is 132 Å². The molecule has 1 aliphatic rings. The summed E-state index contributed by atoms with van der Waals surface area (Å²) in [6.45, 7) is 34.7. The Hall–Kier alpha value is -4.79. The van der Waals surface area contributed by atoms with Crippen molar-refractivity contribution in [3.63, 3.8) is 0 Å².